The molecule has 528 valence electrons. The van der Waals surface area contributed by atoms with Gasteiger partial charge < -0.3 is 170 Å². The third-order valence-electron chi connectivity index (χ3n) is 16.3. The molecule has 0 bridgehead atoms. The summed E-state index contributed by atoms with van der Waals surface area (Å²) in [5.41, 5.74) is 0. The Bertz CT molecular complexity index is 2260. The lowest BCUT2D eigenvalue weighted by Gasteiger charge is -2.51. The Balaban J connectivity index is 1.19. The Morgan fingerprint density at radius 1 is 0.527 bits per heavy atom. The van der Waals surface area contributed by atoms with Crippen LogP contribution in [0.3, 0.4) is 0 Å². The topological polar surface area (TPSA) is 608 Å². The predicted octanol–water partition coefficient (Wildman–Crippen LogP) is -12.8. The molecule has 6 saturated heterocycles. The molecule has 0 aliphatic carbocycles. The first-order valence-corrected chi connectivity index (χ1v) is 30.0. The van der Waals surface area contributed by atoms with E-state index in [0.717, 1.165) is 6.92 Å². The number of nitrogens with one attached hydrogen (secondary N) is 2. The van der Waals surface area contributed by atoms with Crippen LogP contribution < -0.4 is 10.6 Å². The summed E-state index contributed by atoms with van der Waals surface area (Å²) < 4.78 is 69.1. The number of rotatable bonds is 32. The number of ether oxygens (including phenoxy) is 12. The highest BCUT2D eigenvalue weighted by Crippen LogP contribution is 2.40. The second-order valence-corrected chi connectivity index (χ2v) is 23.2. The number of carboxylic acids is 1. The summed E-state index contributed by atoms with van der Waals surface area (Å²) >= 11 is 4.05. The first kappa shape index (κ1) is 77.2. The van der Waals surface area contributed by atoms with Crippen LogP contribution in [0.5, 0.6) is 0 Å². The number of unbranched alkanes of at least 4 members (excludes halogenated alkanes) is 3. The zero-order valence-electron chi connectivity index (χ0n) is 49.1. The molecule has 38 nitrogen and oxygen atoms in total. The molecule has 0 radical (unpaired) electrons. The van der Waals surface area contributed by atoms with Crippen molar-refractivity contribution < 1.29 is 178 Å². The second-order valence-electron chi connectivity index (χ2n) is 22.7. The first-order valence-electron chi connectivity index (χ1n) is 29.4. The lowest BCUT2D eigenvalue weighted by molar-refractivity contribution is -0.393. The summed E-state index contributed by atoms with van der Waals surface area (Å²) in [4.78, 5) is 50.1. The largest absolute Gasteiger partial charge is 0.477 e. The molecule has 6 aliphatic heterocycles. The molecule has 22 N–H and O–H groups in total. The van der Waals surface area contributed by atoms with Gasteiger partial charge in [-0.3, -0.25) is 14.4 Å². The molecule has 6 fully saturated rings. The molecule has 6 rings (SSSR count). The number of Topliss-reactive ketones (excluding diaryl/α,β-unsaturated/α-hetero) is 1. The summed E-state index contributed by atoms with van der Waals surface area (Å²) in [7, 11) is 0. The van der Waals surface area contributed by atoms with Gasteiger partial charge in [-0.2, -0.15) is 12.6 Å². The van der Waals surface area contributed by atoms with Gasteiger partial charge in [0.15, 0.2) is 31.5 Å². The number of hydrogen-bond acceptors (Lipinski definition) is 36. The summed E-state index contributed by atoms with van der Waals surface area (Å²) in [6.45, 7) is -6.73. The average molecular weight is 1350 g/mol. The standard InChI is InChI=1S/C52H88N2O36S/c1-18(62)53-29-41(86-50-39(76)45(34(71)25(15-59)83-50)90-52(51(77)78)10-20(64)28(54-27(66)17-61)42(89-52)30(67)21(65)11-55)31(68)22(12-56)80-46(29)87-44-33(70)24(14-58)82-49(38(44)75)85-40-26(16-60)84-48(36(73)35(40)72)88-43-32(69)23(13-57)81-47(37(43)74)79-8-5-3-2-4-6-19(63)7-9-91/h20-26,28-50,55-61,64-65,67-76,91H,2-17H2,1H3,(H,53,62)(H,54,66)(H,77,78)/t20-,21-,22?,23?,24?,25?,26?,28-,29?,30-,31+,32+,33+,34+,35-,36?,37?,38?,39?,40+,41-,42?,43+,44+,45+,46+,47-,48+,49-,50+,52+/m1/s1. The summed E-state index contributed by atoms with van der Waals surface area (Å²) in [6, 6.07) is -3.79. The minimum atomic E-state index is -3.30. The van der Waals surface area contributed by atoms with E-state index in [1.807, 2.05) is 0 Å². The van der Waals surface area contributed by atoms with Crippen molar-refractivity contribution >= 4 is 36.2 Å². The first-order chi connectivity index (χ1) is 43.2. The van der Waals surface area contributed by atoms with E-state index in [4.69, 9.17) is 56.8 Å². The Kier molecular flexibility index (Phi) is 30.1. The van der Waals surface area contributed by atoms with Crippen molar-refractivity contribution in [1.29, 1.82) is 0 Å². The predicted molar refractivity (Wildman–Crippen MR) is 291 cm³/mol. The minimum Gasteiger partial charge on any atom is -0.477 e. The maximum atomic E-state index is 13.1. The van der Waals surface area contributed by atoms with Gasteiger partial charge in [-0.05, 0) is 18.6 Å². The van der Waals surface area contributed by atoms with Gasteiger partial charge in [0.2, 0.25) is 11.8 Å². The molecule has 11 unspecified atom stereocenters. The van der Waals surface area contributed by atoms with E-state index in [1.54, 1.807) is 0 Å². The van der Waals surface area contributed by atoms with E-state index in [2.05, 4.69) is 23.3 Å². The number of hydrogen-bond donors (Lipinski definition) is 23. The van der Waals surface area contributed by atoms with Gasteiger partial charge in [-0.1, -0.05) is 12.8 Å². The van der Waals surface area contributed by atoms with Gasteiger partial charge in [0.25, 0.3) is 5.79 Å². The van der Waals surface area contributed by atoms with Crippen LogP contribution >= 0.6 is 12.6 Å². The molecule has 31 atom stereocenters. The third-order valence-corrected chi connectivity index (χ3v) is 16.5. The normalized spacial score (nSPS) is 42.9. The number of ketones is 1. The number of amides is 2. The Morgan fingerprint density at radius 3 is 1.52 bits per heavy atom. The van der Waals surface area contributed by atoms with Crippen molar-refractivity contribution in [2.24, 2.45) is 0 Å². The van der Waals surface area contributed by atoms with Gasteiger partial charge in [0.05, 0.1) is 51.8 Å². The average Bonchev–Trinajstić information content (AvgIpc) is 0.794. The van der Waals surface area contributed by atoms with Gasteiger partial charge in [0, 0.05) is 32.8 Å². The number of aliphatic carboxylic acids is 1. The van der Waals surface area contributed by atoms with Crippen LogP contribution in [0.15, 0.2) is 0 Å². The van der Waals surface area contributed by atoms with Crippen LogP contribution in [-0.2, 0) is 76.0 Å². The molecule has 2 amide bonds. The molecular formula is C52H88N2O36S. The van der Waals surface area contributed by atoms with Gasteiger partial charge in [-0.15, -0.1) is 0 Å². The lowest BCUT2D eigenvalue weighted by Crippen LogP contribution is -2.71. The zero-order chi connectivity index (χ0) is 67.3. The molecule has 0 aromatic rings. The molecule has 6 heterocycles. The van der Waals surface area contributed by atoms with E-state index < -0.39 is 260 Å². The van der Waals surface area contributed by atoms with Crippen molar-refractivity contribution in [2.45, 2.75) is 242 Å². The second kappa shape index (κ2) is 35.4. The fraction of sp³-hybridized carbons (Fsp3) is 0.923. The van der Waals surface area contributed by atoms with Crippen molar-refractivity contribution in [1.82, 2.24) is 10.6 Å². The number of carbonyl (C=O) groups excluding carboxylic acids is 3. The van der Waals surface area contributed by atoms with E-state index in [9.17, 15) is 121 Å². The van der Waals surface area contributed by atoms with Crippen molar-refractivity contribution in [3.05, 3.63) is 0 Å². The fourth-order valence-electron chi connectivity index (χ4n) is 11.4. The van der Waals surface area contributed by atoms with Crippen molar-refractivity contribution in [3.63, 3.8) is 0 Å². The Labute approximate surface area is 523 Å². The number of thiol groups is 1. The van der Waals surface area contributed by atoms with E-state index in [-0.39, 0.29) is 12.4 Å². The highest BCUT2D eigenvalue weighted by molar-refractivity contribution is 7.80. The monoisotopic (exact) mass is 1350 g/mol. The van der Waals surface area contributed by atoms with Crippen molar-refractivity contribution in [2.75, 3.05) is 58.6 Å². The van der Waals surface area contributed by atoms with Crippen molar-refractivity contribution in [3.8, 4) is 0 Å². The highest BCUT2D eigenvalue weighted by Gasteiger charge is 2.62. The smallest absolute Gasteiger partial charge is 0.364 e. The minimum absolute atomic E-state index is 0.0147. The van der Waals surface area contributed by atoms with E-state index in [1.165, 1.54) is 0 Å². The third kappa shape index (κ3) is 18.5. The highest BCUT2D eigenvalue weighted by atomic mass is 32.1. The number of aliphatic hydroxyl groups is 19. The molecule has 0 aromatic carbocycles. The molecule has 39 heteroatoms. The van der Waals surface area contributed by atoms with Gasteiger partial charge >= 0.3 is 5.97 Å². The number of carbonyl (C=O) groups is 4. The molecule has 0 spiro atoms. The molecule has 0 saturated carbocycles. The van der Waals surface area contributed by atoms with Crippen LogP contribution in [0.4, 0.5) is 0 Å². The van der Waals surface area contributed by atoms with Crippen LogP contribution in [0.1, 0.15) is 51.9 Å². The summed E-state index contributed by atoms with van der Waals surface area (Å²) in [5.74, 6) is -7.07. The van der Waals surface area contributed by atoms with Crippen LogP contribution in [0.2, 0.25) is 0 Å². The molecular weight excluding hydrogens is 1260 g/mol. The molecule has 91 heavy (non-hydrogen) atoms. The summed E-state index contributed by atoms with van der Waals surface area (Å²) in [5, 5.41) is 222. The molecule has 0 aromatic heterocycles. The SMILES string of the molecule is CC(=O)NC1[C@H](O[C@@H]2C(O)[C@@H](O[C@H]3C(CO)O[C@@H](O[C@@H]4C(O)[C@H](OCCCCCCC(=O)CCS)OC(CO)[C@@H]4O)C(O)[C@H]3O)OC(CO)[C@@H]2O)OC(CO)[C@H](O)[C@@H]1O[C@@H]1OC(CO)[C@H](O)[C@H](O[C@]2(C(=O)O)C[C@@H](O)[C@@H](NC(=O)CO)C([C@H](O)[C@H](O)CO)O2)C1O. The Morgan fingerprint density at radius 2 is 0.989 bits per heavy atom. The van der Waals surface area contributed by atoms with Gasteiger partial charge in [-0.25, -0.2) is 4.79 Å². The zero-order valence-corrected chi connectivity index (χ0v) is 50.0. The van der Waals surface area contributed by atoms with E-state index >= 15 is 0 Å². The van der Waals surface area contributed by atoms with Crippen LogP contribution in [0, 0.1) is 0 Å². The van der Waals surface area contributed by atoms with Gasteiger partial charge in [0.1, 0.15) is 153 Å². The maximum absolute atomic E-state index is 13.1. The number of aliphatic hydroxyl groups excluding tert-OH is 19. The molecule has 6 aliphatic rings. The Hall–Kier alpha value is -2.81. The quantitative estimate of drug-likeness (QED) is 0.0220. The maximum Gasteiger partial charge on any atom is 0.364 e. The summed E-state index contributed by atoms with van der Waals surface area (Å²) in [6.07, 6.45) is -55.6. The van der Waals surface area contributed by atoms with Crippen LogP contribution in [-0.4, -0.2) is 374 Å². The number of carboxylic acid groups (broad SMARTS) is 1. The fourth-order valence-corrected chi connectivity index (χ4v) is 11.6. The lowest BCUT2D eigenvalue weighted by atomic mass is 9.88. The van der Waals surface area contributed by atoms with E-state index in [0.29, 0.717) is 44.3 Å². The van der Waals surface area contributed by atoms with Crippen LogP contribution in [0.25, 0.3) is 0 Å².